The molecular weight excluding hydrogens is 226 g/mol. The Balaban J connectivity index is 4.01. The Morgan fingerprint density at radius 3 is 2.50 bits per heavy atom. The van der Waals surface area contributed by atoms with Gasteiger partial charge in [0.2, 0.25) is 0 Å². The molecule has 0 aromatic rings. The molecule has 0 unspecified atom stereocenters. The van der Waals surface area contributed by atoms with Crippen LogP contribution in [-0.4, -0.2) is 17.7 Å². The molecule has 1 amide bonds. The number of carbonyl (C=O) groups excluding carboxylic acids is 1. The van der Waals surface area contributed by atoms with Crippen LogP contribution in [0.2, 0.25) is 0 Å². The average Bonchev–Trinajstić information content (AvgIpc) is 2.21. The van der Waals surface area contributed by atoms with Crippen LogP contribution >= 0.6 is 0 Å². The number of alkyl carbamates (subject to hydrolysis) is 1. The Morgan fingerprint density at radius 1 is 1.33 bits per heavy atom. The molecule has 0 aliphatic carbocycles. The van der Waals surface area contributed by atoms with Gasteiger partial charge in [0.25, 0.3) is 0 Å². The highest BCUT2D eigenvalue weighted by molar-refractivity contribution is 5.68. The fourth-order valence-corrected chi connectivity index (χ4v) is 1.74. The lowest BCUT2D eigenvalue weighted by Crippen LogP contribution is -2.38. The second kappa shape index (κ2) is 9.01. The molecule has 0 heterocycles. The summed E-state index contributed by atoms with van der Waals surface area (Å²) in [4.78, 5) is 11.7. The van der Waals surface area contributed by atoms with Gasteiger partial charge in [-0.2, -0.15) is 0 Å². The van der Waals surface area contributed by atoms with Crippen molar-refractivity contribution in [3.63, 3.8) is 0 Å². The maximum atomic E-state index is 11.7. The summed E-state index contributed by atoms with van der Waals surface area (Å²) in [5.74, 6) is 0. The fraction of sp³-hybridized carbons (Fsp3) is 0.800. The highest BCUT2D eigenvalue weighted by Gasteiger charge is 2.18. The number of carbonyl (C=O) groups is 1. The predicted molar refractivity (Wildman–Crippen MR) is 76.7 cm³/mol. The topological polar surface area (TPSA) is 38.3 Å². The van der Waals surface area contributed by atoms with Crippen molar-refractivity contribution in [3.05, 3.63) is 12.7 Å². The Bertz CT molecular complexity index is 243. The molecule has 0 bridgehead atoms. The van der Waals surface area contributed by atoms with Crippen LogP contribution in [0, 0.1) is 0 Å². The van der Waals surface area contributed by atoms with E-state index in [0.717, 1.165) is 19.3 Å². The quantitative estimate of drug-likeness (QED) is 0.515. The third-order valence-electron chi connectivity index (χ3n) is 2.58. The first kappa shape index (κ1) is 17.0. The van der Waals surface area contributed by atoms with E-state index in [-0.39, 0.29) is 12.1 Å². The zero-order valence-electron chi connectivity index (χ0n) is 12.4. The molecule has 0 saturated carbocycles. The van der Waals surface area contributed by atoms with E-state index in [1.54, 1.807) is 0 Å². The number of unbranched alkanes of at least 4 members (excludes halogenated alkanes) is 3. The number of ether oxygens (including phenoxy) is 1. The first-order valence-corrected chi connectivity index (χ1v) is 6.99. The molecule has 0 fully saturated rings. The Hall–Kier alpha value is -0.990. The number of hydrogen-bond donors (Lipinski definition) is 1. The summed E-state index contributed by atoms with van der Waals surface area (Å²) in [5.41, 5.74) is -0.439. The molecule has 0 saturated heterocycles. The third kappa shape index (κ3) is 10.2. The second-order valence-corrected chi connectivity index (χ2v) is 5.72. The zero-order valence-corrected chi connectivity index (χ0v) is 12.4. The molecule has 1 N–H and O–H groups in total. The molecule has 3 nitrogen and oxygen atoms in total. The molecule has 3 heteroatoms. The number of amides is 1. The molecule has 0 aromatic heterocycles. The third-order valence-corrected chi connectivity index (χ3v) is 2.58. The van der Waals surface area contributed by atoms with Crippen molar-refractivity contribution in [2.24, 2.45) is 0 Å². The van der Waals surface area contributed by atoms with E-state index >= 15 is 0 Å². The first-order valence-electron chi connectivity index (χ1n) is 6.99. The molecule has 0 aliphatic rings. The average molecular weight is 255 g/mol. The van der Waals surface area contributed by atoms with Gasteiger partial charge in [-0.05, 0) is 33.6 Å². The molecule has 106 valence electrons. The summed E-state index contributed by atoms with van der Waals surface area (Å²) in [6, 6.07) is 0.147. The summed E-state index contributed by atoms with van der Waals surface area (Å²) >= 11 is 0. The van der Waals surface area contributed by atoms with Crippen LogP contribution in [-0.2, 0) is 4.74 Å². The smallest absolute Gasteiger partial charge is 0.407 e. The van der Waals surface area contributed by atoms with Crippen molar-refractivity contribution >= 4 is 6.09 Å². The van der Waals surface area contributed by atoms with Gasteiger partial charge < -0.3 is 10.1 Å². The van der Waals surface area contributed by atoms with Crippen LogP contribution in [0.3, 0.4) is 0 Å². The van der Waals surface area contributed by atoms with Crippen molar-refractivity contribution in [2.75, 3.05) is 0 Å². The minimum atomic E-state index is -0.439. The highest BCUT2D eigenvalue weighted by atomic mass is 16.6. The van der Waals surface area contributed by atoms with Gasteiger partial charge in [0.15, 0.2) is 0 Å². The van der Waals surface area contributed by atoms with Gasteiger partial charge in [-0.1, -0.05) is 38.7 Å². The molecular formula is C15H29NO2. The van der Waals surface area contributed by atoms with Gasteiger partial charge in [0, 0.05) is 6.04 Å². The zero-order chi connectivity index (χ0) is 14.0. The van der Waals surface area contributed by atoms with E-state index in [0.29, 0.717) is 0 Å². The predicted octanol–water partition coefficient (Wildman–Crippen LogP) is 4.43. The van der Waals surface area contributed by atoms with Crippen LogP contribution in [0.5, 0.6) is 0 Å². The first-order chi connectivity index (χ1) is 8.39. The van der Waals surface area contributed by atoms with E-state index in [2.05, 4.69) is 18.8 Å². The molecule has 18 heavy (non-hydrogen) atoms. The van der Waals surface area contributed by atoms with Gasteiger partial charge in [0.1, 0.15) is 5.60 Å². The lowest BCUT2D eigenvalue weighted by molar-refractivity contribution is 0.0501. The SMILES string of the molecule is C=CC[C@H](CCCCCC)NC(=O)OC(C)(C)C. The van der Waals surface area contributed by atoms with Gasteiger partial charge in [-0.25, -0.2) is 4.79 Å². The van der Waals surface area contributed by atoms with Gasteiger partial charge in [-0.15, -0.1) is 6.58 Å². The number of hydrogen-bond acceptors (Lipinski definition) is 2. The van der Waals surface area contributed by atoms with Crippen molar-refractivity contribution in [1.29, 1.82) is 0 Å². The van der Waals surface area contributed by atoms with E-state index in [1.165, 1.54) is 19.3 Å². The van der Waals surface area contributed by atoms with Crippen molar-refractivity contribution in [1.82, 2.24) is 5.32 Å². The second-order valence-electron chi connectivity index (χ2n) is 5.72. The van der Waals surface area contributed by atoms with Crippen LogP contribution in [0.4, 0.5) is 4.79 Å². The summed E-state index contributed by atoms with van der Waals surface area (Å²) in [6.07, 6.45) is 8.16. The van der Waals surface area contributed by atoms with Crippen LogP contribution < -0.4 is 5.32 Å². The maximum absolute atomic E-state index is 11.7. The lowest BCUT2D eigenvalue weighted by atomic mass is 10.0. The summed E-state index contributed by atoms with van der Waals surface area (Å²) in [5, 5.41) is 2.92. The summed E-state index contributed by atoms with van der Waals surface area (Å²) in [6.45, 7) is 11.5. The maximum Gasteiger partial charge on any atom is 0.407 e. The largest absolute Gasteiger partial charge is 0.444 e. The summed E-state index contributed by atoms with van der Waals surface area (Å²) in [7, 11) is 0. The molecule has 0 aliphatic heterocycles. The van der Waals surface area contributed by atoms with E-state index in [4.69, 9.17) is 4.74 Å². The van der Waals surface area contributed by atoms with Crippen molar-refractivity contribution in [2.45, 2.75) is 77.9 Å². The Labute approximate surface area is 112 Å². The molecule has 0 radical (unpaired) electrons. The van der Waals surface area contributed by atoms with Crippen molar-refractivity contribution in [3.8, 4) is 0 Å². The van der Waals surface area contributed by atoms with Crippen LogP contribution in [0.1, 0.15) is 66.2 Å². The highest BCUT2D eigenvalue weighted by Crippen LogP contribution is 2.11. The molecule has 0 spiro atoms. The molecule has 0 aromatic carbocycles. The monoisotopic (exact) mass is 255 g/mol. The van der Waals surface area contributed by atoms with E-state index in [1.807, 2.05) is 26.8 Å². The molecule has 0 rings (SSSR count). The van der Waals surface area contributed by atoms with Crippen LogP contribution in [0.25, 0.3) is 0 Å². The normalized spacial score (nSPS) is 12.9. The summed E-state index contributed by atoms with van der Waals surface area (Å²) < 4.78 is 5.26. The van der Waals surface area contributed by atoms with Crippen molar-refractivity contribution < 1.29 is 9.53 Å². The van der Waals surface area contributed by atoms with E-state index < -0.39 is 5.60 Å². The number of nitrogens with one attached hydrogen (secondary N) is 1. The van der Waals surface area contributed by atoms with Gasteiger partial charge >= 0.3 is 6.09 Å². The van der Waals surface area contributed by atoms with E-state index in [9.17, 15) is 4.79 Å². The Kier molecular flexibility index (Phi) is 8.51. The number of rotatable bonds is 8. The lowest BCUT2D eigenvalue weighted by Gasteiger charge is -2.23. The Morgan fingerprint density at radius 2 is 2.00 bits per heavy atom. The van der Waals surface area contributed by atoms with Gasteiger partial charge in [0.05, 0.1) is 0 Å². The minimum Gasteiger partial charge on any atom is -0.444 e. The molecule has 1 atom stereocenters. The minimum absolute atomic E-state index is 0.147. The standard InChI is InChI=1S/C15H29NO2/c1-6-8-9-10-12-13(11-7-2)16-14(17)18-15(3,4)5/h7,13H,2,6,8-12H2,1,3-5H3,(H,16,17)/t13-/m1/s1. The van der Waals surface area contributed by atoms with Crippen LogP contribution in [0.15, 0.2) is 12.7 Å². The fourth-order valence-electron chi connectivity index (χ4n) is 1.74. The van der Waals surface area contributed by atoms with Gasteiger partial charge in [-0.3, -0.25) is 0 Å².